The summed E-state index contributed by atoms with van der Waals surface area (Å²) in [7, 11) is 0. The first kappa shape index (κ1) is 45.0. The van der Waals surface area contributed by atoms with Gasteiger partial charge in [0.2, 0.25) is 5.91 Å². The van der Waals surface area contributed by atoms with Gasteiger partial charge < -0.3 is 25.7 Å². The predicted molar refractivity (Wildman–Crippen MR) is 196 cm³/mol. The van der Waals surface area contributed by atoms with Gasteiger partial charge in [0.1, 0.15) is 12.2 Å². The zero-order valence-electron chi connectivity index (χ0n) is 30.6. The number of aliphatic hydroxyl groups is 4. The molecule has 0 fully saturated rings. The van der Waals surface area contributed by atoms with E-state index in [0.717, 1.165) is 38.5 Å². The highest BCUT2D eigenvalue weighted by molar-refractivity contribution is 5.80. The van der Waals surface area contributed by atoms with E-state index in [1.165, 1.54) is 141 Å². The number of nitrogens with one attached hydrogen (secondary N) is 1. The maximum absolute atomic E-state index is 12.4. The summed E-state index contributed by atoms with van der Waals surface area (Å²) in [6.45, 7) is 4.03. The van der Waals surface area contributed by atoms with Crippen LogP contribution in [0.25, 0.3) is 0 Å². The minimum absolute atomic E-state index is 0.367. The second-order valence-corrected chi connectivity index (χ2v) is 14.0. The van der Waals surface area contributed by atoms with Gasteiger partial charge in [-0.3, -0.25) is 4.79 Å². The minimum Gasteiger partial charge on any atom is -0.394 e. The average molecular weight is 654 g/mol. The fraction of sp³-hybridized carbons (Fsp3) is 0.925. The number of amides is 1. The molecule has 0 aromatic carbocycles. The zero-order valence-corrected chi connectivity index (χ0v) is 30.6. The lowest BCUT2D eigenvalue weighted by Gasteiger charge is -2.27. The molecule has 4 unspecified atom stereocenters. The van der Waals surface area contributed by atoms with Gasteiger partial charge in [0.15, 0.2) is 0 Å². The molecule has 0 saturated carbocycles. The largest absolute Gasteiger partial charge is 0.394 e. The smallest absolute Gasteiger partial charge is 0.249 e. The third-order valence-electron chi connectivity index (χ3n) is 9.48. The number of rotatable bonds is 36. The Kier molecular flexibility index (Phi) is 34.6. The molecular weight excluding hydrogens is 574 g/mol. The van der Waals surface area contributed by atoms with E-state index in [1.54, 1.807) is 0 Å². The van der Waals surface area contributed by atoms with E-state index in [4.69, 9.17) is 0 Å². The van der Waals surface area contributed by atoms with Crippen molar-refractivity contribution in [2.45, 2.75) is 231 Å². The highest BCUT2D eigenvalue weighted by Gasteiger charge is 2.28. The number of allylic oxidation sites excluding steroid dienone is 2. The maximum Gasteiger partial charge on any atom is 0.249 e. The molecule has 5 N–H and O–H groups in total. The van der Waals surface area contributed by atoms with Crippen molar-refractivity contribution in [3.8, 4) is 0 Å². The van der Waals surface area contributed by atoms with Crippen LogP contribution in [0.3, 0.4) is 0 Å². The molecule has 0 bridgehead atoms. The van der Waals surface area contributed by atoms with E-state index >= 15 is 0 Å². The van der Waals surface area contributed by atoms with E-state index in [2.05, 4.69) is 31.3 Å². The van der Waals surface area contributed by atoms with Gasteiger partial charge in [-0.1, -0.05) is 180 Å². The van der Waals surface area contributed by atoms with Gasteiger partial charge in [0, 0.05) is 0 Å². The van der Waals surface area contributed by atoms with Gasteiger partial charge in [-0.05, 0) is 38.5 Å². The van der Waals surface area contributed by atoms with Crippen LogP contribution in [-0.2, 0) is 4.79 Å². The van der Waals surface area contributed by atoms with Gasteiger partial charge in [-0.15, -0.1) is 0 Å². The lowest BCUT2D eigenvalue weighted by atomic mass is 10.00. The summed E-state index contributed by atoms with van der Waals surface area (Å²) < 4.78 is 0. The van der Waals surface area contributed by atoms with Crippen LogP contribution >= 0.6 is 0 Å². The van der Waals surface area contributed by atoms with Crippen molar-refractivity contribution >= 4 is 5.91 Å². The molecule has 0 spiro atoms. The number of unbranched alkanes of at least 4 members (excludes halogenated alkanes) is 25. The van der Waals surface area contributed by atoms with Crippen molar-refractivity contribution in [3.05, 3.63) is 12.2 Å². The maximum atomic E-state index is 12.4. The summed E-state index contributed by atoms with van der Waals surface area (Å²) in [6.07, 6.45) is 36.6. The molecule has 4 atom stereocenters. The van der Waals surface area contributed by atoms with Crippen molar-refractivity contribution < 1.29 is 25.2 Å². The molecule has 46 heavy (non-hydrogen) atoms. The number of aliphatic hydroxyl groups excluding tert-OH is 4. The molecule has 0 rings (SSSR count). The number of carbonyl (C=O) groups is 1. The molecule has 0 radical (unpaired) electrons. The van der Waals surface area contributed by atoms with Crippen LogP contribution in [0.2, 0.25) is 0 Å². The molecule has 0 saturated heterocycles. The Morgan fingerprint density at radius 2 is 0.891 bits per heavy atom. The molecule has 0 heterocycles. The molecule has 6 heteroatoms. The first-order valence-electron chi connectivity index (χ1n) is 20.1. The summed E-state index contributed by atoms with van der Waals surface area (Å²) in [5.74, 6) is -0.593. The van der Waals surface area contributed by atoms with Crippen LogP contribution < -0.4 is 5.32 Å². The molecule has 0 aliphatic rings. The molecule has 0 aliphatic heterocycles. The molecule has 274 valence electrons. The van der Waals surface area contributed by atoms with Crippen LogP contribution in [0.4, 0.5) is 0 Å². The number of carbonyl (C=O) groups excluding carboxylic acids is 1. The Hall–Kier alpha value is -0.950. The van der Waals surface area contributed by atoms with Gasteiger partial charge in [0.05, 0.1) is 18.8 Å². The molecular formula is C40H79NO5. The van der Waals surface area contributed by atoms with Gasteiger partial charge in [0.25, 0.3) is 0 Å². The normalized spacial score (nSPS) is 14.5. The first-order chi connectivity index (χ1) is 22.5. The topological polar surface area (TPSA) is 110 Å². The molecule has 1 amide bonds. The summed E-state index contributed by atoms with van der Waals surface area (Å²) >= 11 is 0. The Morgan fingerprint density at radius 1 is 0.522 bits per heavy atom. The van der Waals surface area contributed by atoms with Crippen molar-refractivity contribution in [3.63, 3.8) is 0 Å². The second kappa shape index (κ2) is 35.4. The summed E-state index contributed by atoms with van der Waals surface area (Å²) in [5.41, 5.74) is 0. The SMILES string of the molecule is CCCCCCCCCCCCCC/C=C/CCCC(O)C(O)C(CO)NC(=O)C(O)CCCCCCCCCCCCCCC. The van der Waals surface area contributed by atoms with Crippen LogP contribution in [0.1, 0.15) is 206 Å². The Bertz CT molecular complexity index is 658. The van der Waals surface area contributed by atoms with E-state index in [1.807, 2.05) is 0 Å². The van der Waals surface area contributed by atoms with E-state index < -0.39 is 36.9 Å². The second-order valence-electron chi connectivity index (χ2n) is 14.0. The van der Waals surface area contributed by atoms with Gasteiger partial charge in [-0.25, -0.2) is 0 Å². The van der Waals surface area contributed by atoms with Gasteiger partial charge >= 0.3 is 0 Å². The van der Waals surface area contributed by atoms with Crippen LogP contribution in [0.5, 0.6) is 0 Å². The lowest BCUT2D eigenvalue weighted by molar-refractivity contribution is -0.132. The molecule has 0 aromatic heterocycles. The summed E-state index contributed by atoms with van der Waals surface area (Å²) in [6, 6.07) is -0.995. The molecule has 0 aromatic rings. The number of hydrogen-bond donors (Lipinski definition) is 5. The number of hydrogen-bond acceptors (Lipinski definition) is 5. The van der Waals surface area contributed by atoms with Crippen molar-refractivity contribution in [2.24, 2.45) is 0 Å². The van der Waals surface area contributed by atoms with E-state index in [0.29, 0.717) is 12.8 Å². The highest BCUT2D eigenvalue weighted by Crippen LogP contribution is 2.15. The Balaban J connectivity index is 3.80. The monoisotopic (exact) mass is 654 g/mol. The van der Waals surface area contributed by atoms with E-state index in [-0.39, 0.29) is 0 Å². The van der Waals surface area contributed by atoms with Crippen molar-refractivity contribution in [1.29, 1.82) is 0 Å². The fourth-order valence-corrected chi connectivity index (χ4v) is 6.23. The van der Waals surface area contributed by atoms with E-state index in [9.17, 15) is 25.2 Å². The van der Waals surface area contributed by atoms with Crippen molar-refractivity contribution in [2.75, 3.05) is 6.61 Å². The highest BCUT2D eigenvalue weighted by atomic mass is 16.3. The average Bonchev–Trinajstić information content (AvgIpc) is 3.06. The quantitative estimate of drug-likeness (QED) is 0.0342. The molecule has 6 nitrogen and oxygen atoms in total. The summed E-state index contributed by atoms with van der Waals surface area (Å²) in [4.78, 5) is 12.4. The van der Waals surface area contributed by atoms with Crippen LogP contribution in [0, 0.1) is 0 Å². The summed E-state index contributed by atoms with van der Waals surface area (Å²) in [5, 5.41) is 43.5. The fourth-order valence-electron chi connectivity index (χ4n) is 6.23. The van der Waals surface area contributed by atoms with Crippen LogP contribution in [0.15, 0.2) is 12.2 Å². The third-order valence-corrected chi connectivity index (χ3v) is 9.48. The van der Waals surface area contributed by atoms with Crippen LogP contribution in [-0.4, -0.2) is 57.3 Å². The predicted octanol–water partition coefficient (Wildman–Crippen LogP) is 9.85. The Labute approximate surface area is 285 Å². The van der Waals surface area contributed by atoms with Crippen molar-refractivity contribution in [1.82, 2.24) is 5.32 Å². The first-order valence-corrected chi connectivity index (χ1v) is 20.1. The lowest BCUT2D eigenvalue weighted by Crippen LogP contribution is -2.53. The zero-order chi connectivity index (χ0) is 33.9. The van der Waals surface area contributed by atoms with Gasteiger partial charge in [-0.2, -0.15) is 0 Å². The minimum atomic E-state index is -1.28. The standard InChI is InChI=1S/C40H79NO5/c1-3-5-7-9-11-13-15-17-18-19-20-22-23-25-27-29-31-33-37(43)39(45)36(35-42)41-40(46)38(44)34-32-30-28-26-24-21-16-14-12-10-8-6-4-2/h25,27,36-39,42-45H,3-24,26,28-35H2,1-2H3,(H,41,46)/b27-25+. The molecule has 0 aliphatic carbocycles. The third kappa shape index (κ3) is 29.2. The Morgan fingerprint density at radius 3 is 1.30 bits per heavy atom.